The van der Waals surface area contributed by atoms with Gasteiger partial charge in [0.1, 0.15) is 6.17 Å². The Hall–Kier alpha value is -0.110. The third kappa shape index (κ3) is 2.25. The lowest BCUT2D eigenvalue weighted by atomic mass is 10.1. The molecule has 0 aromatic rings. The lowest BCUT2D eigenvalue weighted by molar-refractivity contribution is 0.279. The first kappa shape index (κ1) is 7.99. The minimum absolute atomic E-state index is 0.468. The van der Waals surface area contributed by atoms with Gasteiger partial charge in [0.15, 0.2) is 0 Å². The van der Waals surface area contributed by atoms with Crippen LogP contribution < -0.4 is 5.32 Å². The zero-order valence-electron chi connectivity index (χ0n) is 6.57. The topological polar surface area (TPSA) is 12.0 Å². The van der Waals surface area contributed by atoms with Gasteiger partial charge in [0, 0.05) is 6.04 Å². The van der Waals surface area contributed by atoms with Crippen molar-refractivity contribution in [2.24, 2.45) is 0 Å². The van der Waals surface area contributed by atoms with E-state index in [9.17, 15) is 4.39 Å². The van der Waals surface area contributed by atoms with E-state index in [1.54, 1.807) is 0 Å². The molecule has 1 aliphatic rings. The number of halogens is 1. The van der Waals surface area contributed by atoms with Gasteiger partial charge in [-0.05, 0) is 32.2 Å². The molecule has 0 aliphatic carbocycles. The van der Waals surface area contributed by atoms with Crippen LogP contribution in [0.5, 0.6) is 0 Å². The summed E-state index contributed by atoms with van der Waals surface area (Å²) in [6.07, 6.45) is 3.19. The second-order valence-electron chi connectivity index (χ2n) is 3.03. The van der Waals surface area contributed by atoms with Crippen LogP contribution in [0.2, 0.25) is 0 Å². The maximum Gasteiger partial charge on any atom is 0.101 e. The molecule has 1 fully saturated rings. The smallest absolute Gasteiger partial charge is 0.101 e. The van der Waals surface area contributed by atoms with Crippen molar-refractivity contribution < 1.29 is 4.39 Å². The van der Waals surface area contributed by atoms with E-state index in [1.807, 2.05) is 6.92 Å². The molecule has 0 saturated carbocycles. The highest BCUT2D eigenvalue weighted by Gasteiger charge is 2.17. The molecule has 0 spiro atoms. The van der Waals surface area contributed by atoms with Crippen molar-refractivity contribution in [1.29, 1.82) is 0 Å². The summed E-state index contributed by atoms with van der Waals surface area (Å²) in [4.78, 5) is 0. The molecular formula is C8H16FN. The van der Waals surface area contributed by atoms with E-state index < -0.39 is 6.17 Å². The number of hydrogen-bond donors (Lipinski definition) is 1. The Morgan fingerprint density at radius 1 is 1.70 bits per heavy atom. The molecule has 0 bridgehead atoms. The fourth-order valence-electron chi connectivity index (χ4n) is 1.43. The van der Waals surface area contributed by atoms with Gasteiger partial charge in [0.2, 0.25) is 0 Å². The van der Waals surface area contributed by atoms with Crippen LogP contribution in [0, 0.1) is 0 Å². The van der Waals surface area contributed by atoms with E-state index >= 15 is 0 Å². The summed E-state index contributed by atoms with van der Waals surface area (Å²) < 4.78 is 12.7. The number of alkyl halides is 1. The molecule has 1 nitrogen and oxygen atoms in total. The quantitative estimate of drug-likeness (QED) is 0.639. The third-order valence-electron chi connectivity index (χ3n) is 2.15. The Bertz CT molecular complexity index is 89.3. The number of nitrogens with one attached hydrogen (secondary N) is 1. The zero-order chi connectivity index (χ0) is 7.40. The summed E-state index contributed by atoms with van der Waals surface area (Å²) in [6.45, 7) is 2.99. The van der Waals surface area contributed by atoms with Gasteiger partial charge in [-0.3, -0.25) is 0 Å². The van der Waals surface area contributed by atoms with Crippen LogP contribution >= 0.6 is 0 Å². The second kappa shape index (κ2) is 3.91. The first-order valence-corrected chi connectivity index (χ1v) is 4.20. The fraction of sp³-hybridized carbons (Fsp3) is 1.00. The van der Waals surface area contributed by atoms with E-state index in [2.05, 4.69) is 5.32 Å². The summed E-state index contributed by atoms with van der Waals surface area (Å²) in [6, 6.07) is 0.468. The molecule has 1 N–H and O–H groups in total. The van der Waals surface area contributed by atoms with Crippen LogP contribution in [-0.2, 0) is 0 Å². The van der Waals surface area contributed by atoms with E-state index in [0.717, 1.165) is 13.0 Å². The Balaban J connectivity index is 2.11. The van der Waals surface area contributed by atoms with Crippen LogP contribution in [0.4, 0.5) is 4.39 Å². The summed E-state index contributed by atoms with van der Waals surface area (Å²) in [7, 11) is 0. The molecule has 0 radical (unpaired) electrons. The first-order chi connectivity index (χ1) is 4.83. The van der Waals surface area contributed by atoms with E-state index in [-0.39, 0.29) is 0 Å². The van der Waals surface area contributed by atoms with Gasteiger partial charge in [-0.1, -0.05) is 6.92 Å². The SMILES string of the molecule is CCC(F)CC1CCCN1. The highest BCUT2D eigenvalue weighted by Crippen LogP contribution is 2.14. The van der Waals surface area contributed by atoms with Crippen LogP contribution in [-0.4, -0.2) is 18.8 Å². The van der Waals surface area contributed by atoms with Crippen LogP contribution in [0.1, 0.15) is 32.6 Å². The minimum atomic E-state index is -0.587. The molecule has 1 heterocycles. The molecule has 0 amide bonds. The molecule has 2 unspecified atom stereocenters. The first-order valence-electron chi connectivity index (χ1n) is 4.20. The third-order valence-corrected chi connectivity index (χ3v) is 2.15. The van der Waals surface area contributed by atoms with Gasteiger partial charge < -0.3 is 5.32 Å². The molecule has 2 heteroatoms. The van der Waals surface area contributed by atoms with Crippen molar-refractivity contribution in [3.05, 3.63) is 0 Å². The molecule has 0 aromatic heterocycles. The average molecular weight is 145 g/mol. The van der Waals surface area contributed by atoms with E-state index in [4.69, 9.17) is 0 Å². The van der Waals surface area contributed by atoms with Gasteiger partial charge >= 0.3 is 0 Å². The fourth-order valence-corrected chi connectivity index (χ4v) is 1.43. The molecule has 0 aromatic carbocycles. The van der Waals surface area contributed by atoms with E-state index in [1.165, 1.54) is 12.8 Å². The largest absolute Gasteiger partial charge is 0.314 e. The Morgan fingerprint density at radius 3 is 3.00 bits per heavy atom. The summed E-state index contributed by atoms with van der Waals surface area (Å²) >= 11 is 0. The van der Waals surface area contributed by atoms with Gasteiger partial charge in [-0.2, -0.15) is 0 Å². The maximum absolute atomic E-state index is 12.7. The highest BCUT2D eigenvalue weighted by molar-refractivity contribution is 4.76. The summed E-state index contributed by atoms with van der Waals surface area (Å²) in [5, 5.41) is 3.28. The standard InChI is InChI=1S/C8H16FN/c1-2-7(9)6-8-4-3-5-10-8/h7-8,10H,2-6H2,1H3. The van der Waals surface area contributed by atoms with Crippen molar-refractivity contribution in [3.8, 4) is 0 Å². The lowest BCUT2D eigenvalue weighted by Gasteiger charge is -2.11. The molecule has 1 rings (SSSR count). The van der Waals surface area contributed by atoms with Crippen molar-refractivity contribution in [2.75, 3.05) is 6.54 Å². The predicted octanol–water partition coefficient (Wildman–Crippen LogP) is 1.88. The molecule has 1 saturated heterocycles. The molecular weight excluding hydrogens is 129 g/mol. The van der Waals surface area contributed by atoms with Gasteiger partial charge in [-0.15, -0.1) is 0 Å². The van der Waals surface area contributed by atoms with Crippen LogP contribution in [0.15, 0.2) is 0 Å². The van der Waals surface area contributed by atoms with Crippen molar-refractivity contribution in [2.45, 2.75) is 44.8 Å². The summed E-state index contributed by atoms with van der Waals surface area (Å²) in [5.74, 6) is 0. The van der Waals surface area contributed by atoms with Gasteiger partial charge in [-0.25, -0.2) is 4.39 Å². The molecule has 60 valence electrons. The van der Waals surface area contributed by atoms with Crippen molar-refractivity contribution in [3.63, 3.8) is 0 Å². The molecule has 10 heavy (non-hydrogen) atoms. The Labute approximate surface area is 62.0 Å². The van der Waals surface area contributed by atoms with Crippen molar-refractivity contribution >= 4 is 0 Å². The normalized spacial score (nSPS) is 28.8. The highest BCUT2D eigenvalue weighted by atomic mass is 19.1. The maximum atomic E-state index is 12.7. The monoisotopic (exact) mass is 145 g/mol. The Kier molecular flexibility index (Phi) is 3.13. The zero-order valence-corrected chi connectivity index (χ0v) is 6.57. The lowest BCUT2D eigenvalue weighted by Crippen LogP contribution is -2.24. The number of hydrogen-bond acceptors (Lipinski definition) is 1. The van der Waals surface area contributed by atoms with E-state index in [0.29, 0.717) is 12.5 Å². The van der Waals surface area contributed by atoms with Crippen LogP contribution in [0.3, 0.4) is 0 Å². The predicted molar refractivity (Wildman–Crippen MR) is 40.8 cm³/mol. The molecule has 1 aliphatic heterocycles. The molecule has 2 atom stereocenters. The number of rotatable bonds is 3. The summed E-state index contributed by atoms with van der Waals surface area (Å²) in [5.41, 5.74) is 0. The average Bonchev–Trinajstić information content (AvgIpc) is 2.40. The minimum Gasteiger partial charge on any atom is -0.314 e. The van der Waals surface area contributed by atoms with Gasteiger partial charge in [0.05, 0.1) is 0 Å². The second-order valence-corrected chi connectivity index (χ2v) is 3.03. The Morgan fingerprint density at radius 2 is 2.50 bits per heavy atom. The van der Waals surface area contributed by atoms with Crippen molar-refractivity contribution in [1.82, 2.24) is 5.32 Å². The van der Waals surface area contributed by atoms with Gasteiger partial charge in [0.25, 0.3) is 0 Å². The van der Waals surface area contributed by atoms with Crippen LogP contribution in [0.25, 0.3) is 0 Å².